The molecule has 166 valence electrons. The van der Waals surface area contributed by atoms with Crippen LogP contribution in [-0.4, -0.2) is 58.0 Å². The summed E-state index contributed by atoms with van der Waals surface area (Å²) in [5.74, 6) is -0.556. The lowest BCUT2D eigenvalue weighted by Gasteiger charge is -2.35. The predicted molar refractivity (Wildman–Crippen MR) is 115 cm³/mol. The standard InChI is InChI=1S/C23H30FN5O2/c1-28(15-20-18-8-3-2-4-9-19(18)26-27-20)22(30)13-21-23(31)25-10-11-29(21)14-16-6-5-7-17(24)12-16/h5-7,12,21H,2-4,8-11,13-15H2,1H3,(H,25,31)(H,26,27). The fourth-order valence-corrected chi connectivity index (χ4v) is 4.53. The molecule has 2 N–H and O–H groups in total. The molecule has 31 heavy (non-hydrogen) atoms. The summed E-state index contributed by atoms with van der Waals surface area (Å²) in [7, 11) is 1.76. The Morgan fingerprint density at radius 3 is 2.97 bits per heavy atom. The monoisotopic (exact) mass is 427 g/mol. The molecule has 0 saturated carbocycles. The van der Waals surface area contributed by atoms with Crippen LogP contribution in [0.2, 0.25) is 0 Å². The lowest BCUT2D eigenvalue weighted by molar-refractivity contribution is -0.138. The summed E-state index contributed by atoms with van der Waals surface area (Å²) in [5.41, 5.74) is 4.17. The number of nitrogens with zero attached hydrogens (tertiary/aromatic N) is 3. The van der Waals surface area contributed by atoms with E-state index >= 15 is 0 Å². The van der Waals surface area contributed by atoms with Crippen molar-refractivity contribution in [3.05, 3.63) is 52.6 Å². The molecule has 1 aliphatic carbocycles. The Bertz CT molecular complexity index is 944. The number of halogens is 1. The molecule has 0 spiro atoms. The highest BCUT2D eigenvalue weighted by Crippen LogP contribution is 2.23. The average Bonchev–Trinajstić information content (AvgIpc) is 2.96. The fourth-order valence-electron chi connectivity index (χ4n) is 4.53. The first kappa shape index (κ1) is 21.5. The largest absolute Gasteiger partial charge is 0.353 e. The van der Waals surface area contributed by atoms with E-state index in [1.165, 1.54) is 36.2 Å². The van der Waals surface area contributed by atoms with Gasteiger partial charge in [-0.1, -0.05) is 18.6 Å². The molecule has 1 saturated heterocycles. The first-order valence-electron chi connectivity index (χ1n) is 11.1. The van der Waals surface area contributed by atoms with Crippen molar-refractivity contribution in [1.82, 2.24) is 25.3 Å². The number of piperazine rings is 1. The molecule has 1 fully saturated rings. The zero-order chi connectivity index (χ0) is 21.8. The van der Waals surface area contributed by atoms with Crippen LogP contribution in [0.3, 0.4) is 0 Å². The molecule has 1 unspecified atom stereocenters. The second-order valence-corrected chi connectivity index (χ2v) is 8.55. The summed E-state index contributed by atoms with van der Waals surface area (Å²) in [6.07, 6.45) is 5.63. The Morgan fingerprint density at radius 2 is 2.13 bits per heavy atom. The third-order valence-electron chi connectivity index (χ3n) is 6.29. The van der Waals surface area contributed by atoms with Crippen LogP contribution in [0, 0.1) is 5.82 Å². The number of aryl methyl sites for hydroxylation is 1. The number of hydrogen-bond donors (Lipinski definition) is 2. The van der Waals surface area contributed by atoms with E-state index in [0.717, 1.165) is 30.5 Å². The number of fused-ring (bicyclic) bond motifs is 1. The number of hydrogen-bond acceptors (Lipinski definition) is 4. The van der Waals surface area contributed by atoms with Crippen molar-refractivity contribution >= 4 is 11.8 Å². The molecule has 8 heteroatoms. The molecule has 1 atom stereocenters. The number of benzene rings is 1. The van der Waals surface area contributed by atoms with Crippen molar-refractivity contribution in [2.45, 2.75) is 57.7 Å². The summed E-state index contributed by atoms with van der Waals surface area (Å²) in [4.78, 5) is 29.2. The molecule has 4 rings (SSSR count). The first-order valence-corrected chi connectivity index (χ1v) is 11.1. The quantitative estimate of drug-likeness (QED) is 0.693. The number of aromatic nitrogens is 2. The van der Waals surface area contributed by atoms with Gasteiger partial charge in [0.2, 0.25) is 11.8 Å². The van der Waals surface area contributed by atoms with Crippen molar-refractivity contribution in [3.8, 4) is 0 Å². The highest BCUT2D eigenvalue weighted by atomic mass is 19.1. The van der Waals surface area contributed by atoms with E-state index in [4.69, 9.17) is 0 Å². The van der Waals surface area contributed by atoms with Gasteiger partial charge in [-0.25, -0.2) is 4.39 Å². The van der Waals surface area contributed by atoms with E-state index in [1.54, 1.807) is 18.0 Å². The van der Waals surface area contributed by atoms with Crippen LogP contribution in [0.4, 0.5) is 4.39 Å². The molecule has 1 aliphatic heterocycles. The van der Waals surface area contributed by atoms with Gasteiger partial charge in [0.1, 0.15) is 5.82 Å². The van der Waals surface area contributed by atoms with E-state index in [-0.39, 0.29) is 24.1 Å². The van der Waals surface area contributed by atoms with Gasteiger partial charge in [0.05, 0.1) is 24.7 Å². The third kappa shape index (κ3) is 5.12. The lowest BCUT2D eigenvalue weighted by Crippen LogP contribution is -2.56. The minimum absolute atomic E-state index is 0.0876. The molecule has 0 radical (unpaired) electrons. The smallest absolute Gasteiger partial charge is 0.237 e. The third-order valence-corrected chi connectivity index (χ3v) is 6.29. The molecular formula is C23H30FN5O2. The van der Waals surface area contributed by atoms with Gasteiger partial charge in [0.15, 0.2) is 0 Å². The Morgan fingerprint density at radius 1 is 1.29 bits per heavy atom. The van der Waals surface area contributed by atoms with Crippen LogP contribution in [0.5, 0.6) is 0 Å². The topological polar surface area (TPSA) is 81.3 Å². The van der Waals surface area contributed by atoms with Gasteiger partial charge in [-0.05, 0) is 48.9 Å². The first-order chi connectivity index (χ1) is 15.0. The van der Waals surface area contributed by atoms with Gasteiger partial charge in [-0.3, -0.25) is 19.6 Å². The highest BCUT2D eigenvalue weighted by Gasteiger charge is 2.32. The minimum atomic E-state index is -0.566. The molecule has 2 aromatic rings. The summed E-state index contributed by atoms with van der Waals surface area (Å²) in [6, 6.07) is 5.81. The van der Waals surface area contributed by atoms with Gasteiger partial charge < -0.3 is 10.2 Å². The zero-order valence-corrected chi connectivity index (χ0v) is 18.0. The summed E-state index contributed by atoms with van der Waals surface area (Å²) in [6.45, 7) is 2.01. The van der Waals surface area contributed by atoms with Crippen molar-refractivity contribution in [3.63, 3.8) is 0 Å². The average molecular weight is 428 g/mol. The molecule has 7 nitrogen and oxygen atoms in total. The second-order valence-electron chi connectivity index (χ2n) is 8.55. The summed E-state index contributed by atoms with van der Waals surface area (Å²) < 4.78 is 13.6. The van der Waals surface area contributed by atoms with Crippen LogP contribution in [-0.2, 0) is 35.5 Å². The van der Waals surface area contributed by atoms with Crippen LogP contribution < -0.4 is 5.32 Å². The van der Waals surface area contributed by atoms with Crippen LogP contribution in [0.1, 0.15) is 48.2 Å². The van der Waals surface area contributed by atoms with E-state index in [9.17, 15) is 14.0 Å². The van der Waals surface area contributed by atoms with E-state index in [0.29, 0.717) is 26.2 Å². The van der Waals surface area contributed by atoms with Crippen molar-refractivity contribution in [2.24, 2.45) is 0 Å². The number of carbonyl (C=O) groups is 2. The van der Waals surface area contributed by atoms with Gasteiger partial charge in [0.25, 0.3) is 0 Å². The van der Waals surface area contributed by atoms with E-state index in [2.05, 4.69) is 15.5 Å². The van der Waals surface area contributed by atoms with Gasteiger partial charge in [-0.2, -0.15) is 5.10 Å². The molecular weight excluding hydrogens is 397 g/mol. The molecule has 1 aromatic carbocycles. The Labute approximate surface area is 182 Å². The molecule has 0 bridgehead atoms. The normalized spacial score (nSPS) is 19.4. The number of amides is 2. The van der Waals surface area contributed by atoms with Crippen molar-refractivity contribution in [2.75, 3.05) is 20.1 Å². The maximum Gasteiger partial charge on any atom is 0.237 e. The highest BCUT2D eigenvalue weighted by molar-refractivity contribution is 5.88. The van der Waals surface area contributed by atoms with Gasteiger partial charge in [-0.15, -0.1) is 0 Å². The van der Waals surface area contributed by atoms with Crippen LogP contribution in [0.15, 0.2) is 24.3 Å². The van der Waals surface area contributed by atoms with Crippen molar-refractivity contribution < 1.29 is 14.0 Å². The molecule has 2 amide bonds. The Balaban J connectivity index is 1.41. The van der Waals surface area contributed by atoms with E-state index < -0.39 is 6.04 Å². The summed E-state index contributed by atoms with van der Waals surface area (Å²) >= 11 is 0. The number of carbonyl (C=O) groups excluding carboxylic acids is 2. The molecule has 1 aromatic heterocycles. The van der Waals surface area contributed by atoms with Gasteiger partial charge in [0, 0.05) is 32.4 Å². The SMILES string of the molecule is CN(Cc1n[nH]c2c1CCCCC2)C(=O)CC1C(=O)NCCN1Cc1cccc(F)c1. The van der Waals surface area contributed by atoms with E-state index in [1.807, 2.05) is 11.0 Å². The second kappa shape index (κ2) is 9.60. The van der Waals surface area contributed by atoms with Gasteiger partial charge >= 0.3 is 0 Å². The molecule has 2 aliphatic rings. The number of nitrogens with one attached hydrogen (secondary N) is 2. The maximum atomic E-state index is 13.6. The number of rotatable bonds is 6. The maximum absolute atomic E-state index is 13.6. The zero-order valence-electron chi connectivity index (χ0n) is 18.0. The fraction of sp³-hybridized carbons (Fsp3) is 0.522. The molecule has 2 heterocycles. The summed E-state index contributed by atoms with van der Waals surface area (Å²) in [5, 5.41) is 10.5. The predicted octanol–water partition coefficient (Wildman–Crippen LogP) is 2.17. The van der Waals surface area contributed by atoms with Crippen molar-refractivity contribution in [1.29, 1.82) is 0 Å². The Hall–Kier alpha value is -2.74. The minimum Gasteiger partial charge on any atom is -0.353 e. The van der Waals surface area contributed by atoms with Crippen LogP contribution in [0.25, 0.3) is 0 Å². The Kier molecular flexibility index (Phi) is 6.65. The lowest BCUT2D eigenvalue weighted by atomic mass is 10.1. The van der Waals surface area contributed by atoms with Crippen LogP contribution >= 0.6 is 0 Å². The number of aromatic amines is 1. The number of H-pyrrole nitrogens is 1.